The molecule has 1 aliphatic heterocycles. The lowest BCUT2D eigenvalue weighted by atomic mass is 9.88. The molecule has 0 bridgehead atoms. The molecule has 5 rings (SSSR count). The Morgan fingerprint density at radius 2 is 2.03 bits per heavy atom. The summed E-state index contributed by atoms with van der Waals surface area (Å²) in [6.07, 6.45) is 6.81. The summed E-state index contributed by atoms with van der Waals surface area (Å²) in [7, 11) is 0. The monoisotopic (exact) mass is 467 g/mol. The van der Waals surface area contributed by atoms with Crippen molar-refractivity contribution in [2.24, 2.45) is 0 Å². The van der Waals surface area contributed by atoms with Crippen LogP contribution in [0.2, 0.25) is 0 Å². The first-order valence-electron chi connectivity index (χ1n) is 11.4. The van der Waals surface area contributed by atoms with Crippen molar-refractivity contribution >= 4 is 28.7 Å². The Balaban J connectivity index is 1.46. The number of nitrogens with two attached hydrogens (primary N) is 1. The van der Waals surface area contributed by atoms with Gasteiger partial charge in [-0.3, -0.25) is 9.20 Å². The van der Waals surface area contributed by atoms with Crippen LogP contribution in [0.3, 0.4) is 0 Å². The van der Waals surface area contributed by atoms with Gasteiger partial charge in [-0.05, 0) is 51.0 Å². The van der Waals surface area contributed by atoms with E-state index in [4.69, 9.17) is 22.0 Å². The number of nitrogens with zero attached hydrogens (tertiary/aromatic N) is 5. The van der Waals surface area contributed by atoms with Gasteiger partial charge >= 0.3 is 0 Å². The number of fused-ring (bicyclic) bond motifs is 1. The molecule has 1 saturated heterocycles. The molecule has 9 heteroatoms. The molecule has 0 aliphatic carbocycles. The van der Waals surface area contributed by atoms with Crippen LogP contribution in [0.25, 0.3) is 21.6 Å². The predicted octanol–water partition coefficient (Wildman–Crippen LogP) is 4.85. The summed E-state index contributed by atoms with van der Waals surface area (Å²) in [6, 6.07) is 10.3. The van der Waals surface area contributed by atoms with E-state index in [0.717, 1.165) is 35.4 Å². The molecule has 4 aromatic rings. The van der Waals surface area contributed by atoms with E-state index in [9.17, 15) is 4.79 Å². The summed E-state index contributed by atoms with van der Waals surface area (Å²) in [6.45, 7) is 12.0. The molecule has 35 heavy (non-hydrogen) atoms. The number of amides is 1. The highest BCUT2D eigenvalue weighted by molar-refractivity contribution is 6.04. The molecule has 1 fully saturated rings. The van der Waals surface area contributed by atoms with Gasteiger partial charge < -0.3 is 15.8 Å². The summed E-state index contributed by atoms with van der Waals surface area (Å²) in [5, 5.41) is 2.73. The first-order chi connectivity index (χ1) is 16.8. The average molecular weight is 468 g/mol. The third kappa shape index (κ3) is 4.44. The molecule has 3 aromatic heterocycles. The van der Waals surface area contributed by atoms with Crippen LogP contribution in [0, 0.1) is 6.57 Å². The molecule has 176 valence electrons. The fraction of sp³-hybridized carbons (Fsp3) is 0.269. The van der Waals surface area contributed by atoms with E-state index >= 15 is 0 Å². The number of nitrogen functional groups attached to an aromatic ring is 1. The maximum atomic E-state index is 12.7. The minimum Gasteiger partial charge on any atom is -0.382 e. The molecular formula is C26H25N7O2. The second-order valence-corrected chi connectivity index (χ2v) is 9.19. The number of hydrogen-bond acceptors (Lipinski definition) is 6. The molecule has 9 nitrogen and oxygen atoms in total. The minimum atomic E-state index is -0.313. The number of imidazole rings is 1. The molecule has 4 heterocycles. The van der Waals surface area contributed by atoms with Gasteiger partial charge in [0.2, 0.25) is 0 Å². The molecule has 1 atom stereocenters. The van der Waals surface area contributed by atoms with Crippen molar-refractivity contribution < 1.29 is 9.53 Å². The third-order valence-electron chi connectivity index (χ3n) is 6.21. The van der Waals surface area contributed by atoms with E-state index in [1.165, 1.54) is 12.3 Å². The van der Waals surface area contributed by atoms with Gasteiger partial charge in [0.15, 0.2) is 5.69 Å². The lowest BCUT2D eigenvalue weighted by molar-refractivity contribution is -0.0603. The van der Waals surface area contributed by atoms with Crippen LogP contribution in [-0.4, -0.2) is 37.5 Å². The zero-order valence-electron chi connectivity index (χ0n) is 19.5. The van der Waals surface area contributed by atoms with Crippen molar-refractivity contribution in [2.75, 3.05) is 17.7 Å². The quantitative estimate of drug-likeness (QED) is 0.415. The summed E-state index contributed by atoms with van der Waals surface area (Å²) in [4.78, 5) is 29.5. The van der Waals surface area contributed by atoms with Gasteiger partial charge in [0, 0.05) is 42.2 Å². The topological polar surface area (TPSA) is 112 Å². The number of hydrogen-bond donors (Lipinski definition) is 2. The zero-order valence-corrected chi connectivity index (χ0v) is 19.5. The van der Waals surface area contributed by atoms with Crippen LogP contribution in [-0.2, 0) is 4.74 Å². The second-order valence-electron chi connectivity index (χ2n) is 9.19. The molecular weight excluding hydrogens is 442 g/mol. The van der Waals surface area contributed by atoms with Gasteiger partial charge in [-0.1, -0.05) is 12.1 Å². The number of anilines is 2. The van der Waals surface area contributed by atoms with Crippen molar-refractivity contribution in [3.8, 4) is 11.3 Å². The summed E-state index contributed by atoms with van der Waals surface area (Å²) < 4.78 is 7.93. The number of carbonyl (C=O) groups is 1. The maximum Gasteiger partial charge on any atom is 0.256 e. The largest absolute Gasteiger partial charge is 0.382 e. The molecule has 3 N–H and O–H groups in total. The standard InChI is InChI=1S/C26H25N7O2/c1-26(2)15-18(9-13-35-26)24-32-21(22-23(27)30-11-12-33(22)24)16-4-6-17(7-5-16)25(34)31-20-14-19(28-3)8-10-29-20/h4-8,10-12,14,18H,9,13,15H2,1-2H3,(H2,27,30)(H,29,31,34). The van der Waals surface area contributed by atoms with E-state index in [0.29, 0.717) is 29.5 Å². The van der Waals surface area contributed by atoms with Crippen LogP contribution in [0.4, 0.5) is 17.3 Å². The number of nitrogens with one attached hydrogen (secondary N) is 1. The highest BCUT2D eigenvalue weighted by Gasteiger charge is 2.33. The lowest BCUT2D eigenvalue weighted by Crippen LogP contribution is -2.33. The van der Waals surface area contributed by atoms with Crippen LogP contribution in [0.15, 0.2) is 55.0 Å². The Hall–Kier alpha value is -4.29. The highest BCUT2D eigenvalue weighted by atomic mass is 16.5. The van der Waals surface area contributed by atoms with Gasteiger partial charge in [0.25, 0.3) is 5.91 Å². The predicted molar refractivity (Wildman–Crippen MR) is 133 cm³/mol. The SMILES string of the molecule is [C-]#[N+]c1ccnc(NC(=O)c2ccc(-c3nc(C4CCOC(C)(C)C4)n4ccnc(N)c34)cc2)c1. The van der Waals surface area contributed by atoms with Gasteiger partial charge in [-0.25, -0.2) is 19.8 Å². The number of aromatic nitrogens is 4. The van der Waals surface area contributed by atoms with Crippen molar-refractivity contribution in [3.05, 3.63) is 77.8 Å². The molecule has 1 amide bonds. The number of benzene rings is 1. The van der Waals surface area contributed by atoms with Gasteiger partial charge in [-0.2, -0.15) is 0 Å². The molecule has 1 aromatic carbocycles. The Labute approximate surface area is 202 Å². The van der Waals surface area contributed by atoms with Crippen molar-refractivity contribution in [1.82, 2.24) is 19.4 Å². The number of rotatable bonds is 4. The van der Waals surface area contributed by atoms with Crippen LogP contribution < -0.4 is 11.1 Å². The van der Waals surface area contributed by atoms with Gasteiger partial charge in [-0.15, -0.1) is 0 Å². The summed E-state index contributed by atoms with van der Waals surface area (Å²) >= 11 is 0. The summed E-state index contributed by atoms with van der Waals surface area (Å²) in [5.41, 5.74) is 9.27. The lowest BCUT2D eigenvalue weighted by Gasteiger charge is -2.34. The van der Waals surface area contributed by atoms with Crippen LogP contribution in [0.1, 0.15) is 48.8 Å². The molecule has 1 aliphatic rings. The van der Waals surface area contributed by atoms with E-state index < -0.39 is 0 Å². The summed E-state index contributed by atoms with van der Waals surface area (Å²) in [5.74, 6) is 1.58. The fourth-order valence-corrected chi connectivity index (χ4v) is 4.55. The van der Waals surface area contributed by atoms with E-state index in [2.05, 4.69) is 34.0 Å². The Kier molecular flexibility index (Phi) is 5.67. The average Bonchev–Trinajstić information content (AvgIpc) is 3.25. The molecule has 1 unspecified atom stereocenters. The first-order valence-corrected chi connectivity index (χ1v) is 11.4. The molecule has 0 saturated carbocycles. The number of ether oxygens (including phenoxy) is 1. The Morgan fingerprint density at radius 1 is 1.23 bits per heavy atom. The molecule has 0 spiro atoms. The maximum absolute atomic E-state index is 12.7. The normalized spacial score (nSPS) is 17.1. The first kappa shape index (κ1) is 22.5. The number of carbonyl (C=O) groups excluding carboxylic acids is 1. The number of pyridine rings is 1. The van der Waals surface area contributed by atoms with E-state index in [-0.39, 0.29) is 17.4 Å². The van der Waals surface area contributed by atoms with Gasteiger partial charge in [0.1, 0.15) is 28.7 Å². The fourth-order valence-electron chi connectivity index (χ4n) is 4.55. The van der Waals surface area contributed by atoms with Crippen molar-refractivity contribution in [1.29, 1.82) is 0 Å². The highest BCUT2D eigenvalue weighted by Crippen LogP contribution is 2.38. The van der Waals surface area contributed by atoms with E-state index in [1.807, 2.05) is 22.7 Å². The Morgan fingerprint density at radius 3 is 2.77 bits per heavy atom. The van der Waals surface area contributed by atoms with Crippen LogP contribution in [0.5, 0.6) is 0 Å². The van der Waals surface area contributed by atoms with E-state index in [1.54, 1.807) is 24.4 Å². The molecule has 0 radical (unpaired) electrons. The minimum absolute atomic E-state index is 0.217. The van der Waals surface area contributed by atoms with Crippen LogP contribution >= 0.6 is 0 Å². The van der Waals surface area contributed by atoms with Crippen molar-refractivity contribution in [3.63, 3.8) is 0 Å². The van der Waals surface area contributed by atoms with Crippen molar-refractivity contribution in [2.45, 2.75) is 38.2 Å². The third-order valence-corrected chi connectivity index (χ3v) is 6.21. The van der Waals surface area contributed by atoms with Gasteiger partial charge in [0.05, 0.1) is 12.2 Å². The zero-order chi connectivity index (χ0) is 24.6. The Bertz CT molecular complexity index is 1450. The second kappa shape index (κ2) is 8.81. The smallest absolute Gasteiger partial charge is 0.256 e.